The number of hydrogen-bond donors (Lipinski definition) is 1. The minimum atomic E-state index is 0.290. The number of hydrogen-bond acceptors (Lipinski definition) is 2. The molecule has 1 aliphatic rings. The van der Waals surface area contributed by atoms with Crippen LogP contribution in [0.2, 0.25) is 0 Å². The highest BCUT2D eigenvalue weighted by atomic mass is 16.4. The molecule has 0 aromatic heterocycles. The summed E-state index contributed by atoms with van der Waals surface area (Å²) >= 11 is 0. The Labute approximate surface area is 135 Å². The van der Waals surface area contributed by atoms with Crippen molar-refractivity contribution in [1.29, 1.82) is 0 Å². The van der Waals surface area contributed by atoms with E-state index in [2.05, 4.69) is 51.1 Å². The van der Waals surface area contributed by atoms with Gasteiger partial charge < -0.3 is 5.21 Å². The van der Waals surface area contributed by atoms with Crippen molar-refractivity contribution in [1.82, 2.24) is 0 Å². The maximum Gasteiger partial charge on any atom is 0.0664 e. The van der Waals surface area contributed by atoms with Gasteiger partial charge in [-0.2, -0.15) is 0 Å². The largest absolute Gasteiger partial charge is 0.411 e. The third-order valence-electron chi connectivity index (χ3n) is 4.18. The molecule has 0 atom stereocenters. The van der Waals surface area contributed by atoms with E-state index in [1.54, 1.807) is 6.08 Å². The van der Waals surface area contributed by atoms with Gasteiger partial charge in [0.15, 0.2) is 0 Å². The van der Waals surface area contributed by atoms with Crippen LogP contribution in [0.4, 0.5) is 0 Å². The lowest BCUT2D eigenvalue weighted by atomic mass is 9.72. The average Bonchev–Trinajstić information content (AvgIpc) is 2.43. The van der Waals surface area contributed by atoms with Gasteiger partial charge >= 0.3 is 0 Å². The summed E-state index contributed by atoms with van der Waals surface area (Å²) in [5, 5.41) is 11.3. The van der Waals surface area contributed by atoms with Crippen LogP contribution in [0.1, 0.15) is 53.9 Å². The maximum atomic E-state index is 8.36. The minimum absolute atomic E-state index is 0.290. The quantitative estimate of drug-likeness (QED) is 0.288. The third kappa shape index (κ3) is 5.88. The molecule has 120 valence electrons. The van der Waals surface area contributed by atoms with Crippen LogP contribution in [0.25, 0.3) is 0 Å². The second kappa shape index (κ2) is 8.57. The molecule has 0 amide bonds. The Bertz CT molecular complexity index is 554. The highest BCUT2D eigenvalue weighted by molar-refractivity contribution is 5.72. The predicted octanol–water partition coefficient (Wildman–Crippen LogP) is 5.98. The first kappa shape index (κ1) is 18.2. The van der Waals surface area contributed by atoms with Gasteiger partial charge in [-0.3, -0.25) is 0 Å². The van der Waals surface area contributed by atoms with Gasteiger partial charge in [-0.05, 0) is 62.7 Å². The molecular weight excluding hydrogens is 270 g/mol. The molecule has 0 bridgehead atoms. The van der Waals surface area contributed by atoms with Crippen molar-refractivity contribution in [2.75, 3.05) is 0 Å². The highest BCUT2D eigenvalue weighted by Gasteiger charge is 2.26. The van der Waals surface area contributed by atoms with Crippen molar-refractivity contribution in [3.05, 3.63) is 58.7 Å². The number of allylic oxidation sites excluding steroid dienone is 10. The Morgan fingerprint density at radius 2 is 1.82 bits per heavy atom. The first-order valence-electron chi connectivity index (χ1n) is 7.94. The lowest BCUT2D eigenvalue weighted by molar-refractivity contribution is 0.322. The van der Waals surface area contributed by atoms with E-state index >= 15 is 0 Å². The minimum Gasteiger partial charge on any atom is -0.411 e. The summed E-state index contributed by atoms with van der Waals surface area (Å²) in [5.74, 6) is 0. The van der Waals surface area contributed by atoms with Crippen molar-refractivity contribution in [3.63, 3.8) is 0 Å². The fraction of sp³-hybridized carbons (Fsp3) is 0.450. The van der Waals surface area contributed by atoms with Gasteiger partial charge in [-0.1, -0.05) is 60.5 Å². The van der Waals surface area contributed by atoms with Crippen molar-refractivity contribution in [2.24, 2.45) is 10.6 Å². The summed E-state index contributed by atoms with van der Waals surface area (Å²) in [4.78, 5) is 0. The van der Waals surface area contributed by atoms with Crippen molar-refractivity contribution in [3.8, 4) is 0 Å². The summed E-state index contributed by atoms with van der Waals surface area (Å²) in [7, 11) is 0. The lowest BCUT2D eigenvalue weighted by Gasteiger charge is -2.32. The van der Waals surface area contributed by atoms with Crippen molar-refractivity contribution >= 4 is 6.21 Å². The van der Waals surface area contributed by atoms with Crippen LogP contribution in [0, 0.1) is 5.41 Å². The topological polar surface area (TPSA) is 32.6 Å². The zero-order chi connectivity index (χ0) is 16.6. The van der Waals surface area contributed by atoms with Crippen LogP contribution in [-0.4, -0.2) is 11.4 Å². The monoisotopic (exact) mass is 299 g/mol. The van der Waals surface area contributed by atoms with E-state index in [0.717, 1.165) is 5.57 Å². The van der Waals surface area contributed by atoms with Crippen LogP contribution in [0.15, 0.2) is 63.9 Å². The SMILES string of the molecule is CC1=C(/C=C/C(C)=C/C=C/C(C)=C\C=NO)C(C)(C)CCC1. The molecule has 2 nitrogen and oxygen atoms in total. The summed E-state index contributed by atoms with van der Waals surface area (Å²) in [6, 6.07) is 0. The smallest absolute Gasteiger partial charge is 0.0664 e. The van der Waals surface area contributed by atoms with Gasteiger partial charge in [-0.25, -0.2) is 0 Å². The Hall–Kier alpha value is -1.83. The highest BCUT2D eigenvalue weighted by Crippen LogP contribution is 2.40. The van der Waals surface area contributed by atoms with Gasteiger partial charge in [0.05, 0.1) is 6.21 Å². The van der Waals surface area contributed by atoms with E-state index in [9.17, 15) is 0 Å². The van der Waals surface area contributed by atoms with E-state index in [1.165, 1.54) is 42.2 Å². The Morgan fingerprint density at radius 1 is 1.14 bits per heavy atom. The molecule has 1 aliphatic carbocycles. The maximum absolute atomic E-state index is 8.36. The molecular formula is C20H29NO. The van der Waals surface area contributed by atoms with Gasteiger partial charge in [-0.15, -0.1) is 0 Å². The van der Waals surface area contributed by atoms with E-state index in [-0.39, 0.29) is 5.41 Å². The summed E-state index contributed by atoms with van der Waals surface area (Å²) in [6.45, 7) is 11.0. The third-order valence-corrected chi connectivity index (χ3v) is 4.18. The summed E-state index contributed by atoms with van der Waals surface area (Å²) in [5.41, 5.74) is 5.57. The van der Waals surface area contributed by atoms with Gasteiger partial charge in [0.2, 0.25) is 0 Å². The van der Waals surface area contributed by atoms with Crippen LogP contribution in [0.5, 0.6) is 0 Å². The molecule has 0 spiro atoms. The number of oxime groups is 1. The fourth-order valence-electron chi connectivity index (χ4n) is 2.84. The van der Waals surface area contributed by atoms with Crippen LogP contribution < -0.4 is 0 Å². The lowest BCUT2D eigenvalue weighted by Crippen LogP contribution is -2.19. The number of nitrogens with zero attached hydrogens (tertiary/aromatic N) is 1. The standard InChI is InChI=1S/C20H29NO/c1-16(8-6-9-17(2)13-15-21-22)11-12-19-18(3)10-7-14-20(19,4)5/h6,8-9,11-13,15,22H,7,10,14H2,1-5H3/b9-6+,12-11+,16-8+,17-13-,21-15?. The second-order valence-corrected chi connectivity index (χ2v) is 6.71. The van der Waals surface area contributed by atoms with E-state index in [0.29, 0.717) is 0 Å². The van der Waals surface area contributed by atoms with E-state index in [1.807, 2.05) is 19.1 Å². The van der Waals surface area contributed by atoms with Crippen LogP contribution >= 0.6 is 0 Å². The summed E-state index contributed by atoms with van der Waals surface area (Å²) < 4.78 is 0. The fourth-order valence-corrected chi connectivity index (χ4v) is 2.84. The first-order chi connectivity index (χ1) is 10.4. The molecule has 1 rings (SSSR count). The molecule has 0 aromatic rings. The Kier molecular flexibility index (Phi) is 7.10. The molecule has 0 radical (unpaired) electrons. The molecule has 0 unspecified atom stereocenters. The summed E-state index contributed by atoms with van der Waals surface area (Å²) in [6.07, 6.45) is 17.5. The Balaban J connectivity index is 2.77. The van der Waals surface area contributed by atoms with Crippen molar-refractivity contribution < 1.29 is 5.21 Å². The molecule has 0 aliphatic heterocycles. The number of rotatable bonds is 5. The molecule has 0 saturated carbocycles. The van der Waals surface area contributed by atoms with Gasteiger partial charge in [0.25, 0.3) is 0 Å². The van der Waals surface area contributed by atoms with Gasteiger partial charge in [0.1, 0.15) is 0 Å². The molecule has 0 saturated heterocycles. The molecule has 22 heavy (non-hydrogen) atoms. The average molecular weight is 299 g/mol. The van der Waals surface area contributed by atoms with Crippen molar-refractivity contribution in [2.45, 2.75) is 53.9 Å². The molecule has 0 fully saturated rings. The second-order valence-electron chi connectivity index (χ2n) is 6.71. The van der Waals surface area contributed by atoms with Gasteiger partial charge in [0, 0.05) is 0 Å². The zero-order valence-corrected chi connectivity index (χ0v) is 14.6. The normalized spacial score (nSPS) is 20.8. The van der Waals surface area contributed by atoms with Crippen LogP contribution in [0.3, 0.4) is 0 Å². The molecule has 0 heterocycles. The zero-order valence-electron chi connectivity index (χ0n) is 14.6. The van der Waals surface area contributed by atoms with E-state index in [4.69, 9.17) is 5.21 Å². The first-order valence-corrected chi connectivity index (χ1v) is 7.94. The van der Waals surface area contributed by atoms with E-state index < -0.39 is 0 Å². The van der Waals surface area contributed by atoms with Crippen LogP contribution in [-0.2, 0) is 0 Å². The molecule has 2 heteroatoms. The molecule has 0 aromatic carbocycles. The predicted molar refractivity (Wildman–Crippen MR) is 96.4 cm³/mol. The Morgan fingerprint density at radius 3 is 2.45 bits per heavy atom. The molecule has 1 N–H and O–H groups in total.